The Morgan fingerprint density at radius 1 is 1.22 bits per heavy atom. The summed E-state index contributed by atoms with van der Waals surface area (Å²) in [5.41, 5.74) is 1.19. The van der Waals surface area contributed by atoms with Crippen LogP contribution in [0.2, 0.25) is 0 Å². The number of benzene rings is 1. The largest absolute Gasteiger partial charge is 0.469 e. The Balaban J connectivity index is 2.15. The molecule has 94 valence electrons. The van der Waals surface area contributed by atoms with Gasteiger partial charge in [0.15, 0.2) is 0 Å². The third-order valence-electron chi connectivity index (χ3n) is 2.94. The van der Waals surface area contributed by atoms with Gasteiger partial charge >= 0.3 is 5.97 Å². The minimum atomic E-state index is -0.152. The summed E-state index contributed by atoms with van der Waals surface area (Å²) in [5, 5.41) is 2.07. The van der Waals surface area contributed by atoms with E-state index in [1.165, 1.54) is 17.6 Å². The topological polar surface area (TPSA) is 26.3 Å². The Morgan fingerprint density at radius 3 is 2.61 bits per heavy atom. The summed E-state index contributed by atoms with van der Waals surface area (Å²) in [6, 6.07) is 14.3. The molecule has 1 atom stereocenters. The molecule has 1 aromatic heterocycles. The van der Waals surface area contributed by atoms with Gasteiger partial charge in [-0.2, -0.15) is 0 Å². The van der Waals surface area contributed by atoms with Gasteiger partial charge < -0.3 is 4.74 Å². The number of rotatable bonds is 5. The summed E-state index contributed by atoms with van der Waals surface area (Å²) in [6.07, 6.45) is 1.31. The second kappa shape index (κ2) is 6.36. The van der Waals surface area contributed by atoms with Gasteiger partial charge in [-0.3, -0.25) is 4.79 Å². The molecule has 0 saturated carbocycles. The van der Waals surface area contributed by atoms with Crippen LogP contribution in [0.4, 0.5) is 0 Å². The molecule has 18 heavy (non-hydrogen) atoms. The number of carbonyl (C=O) groups is 1. The molecule has 2 rings (SSSR count). The smallest absolute Gasteiger partial charge is 0.306 e. The average Bonchev–Trinajstić information content (AvgIpc) is 2.92. The van der Waals surface area contributed by atoms with Gasteiger partial charge in [-0.15, -0.1) is 11.3 Å². The van der Waals surface area contributed by atoms with Crippen molar-refractivity contribution in [3.05, 3.63) is 58.3 Å². The van der Waals surface area contributed by atoms with Crippen LogP contribution < -0.4 is 0 Å². The molecule has 3 heteroatoms. The molecule has 0 saturated heterocycles. The van der Waals surface area contributed by atoms with Gasteiger partial charge in [0.05, 0.1) is 13.5 Å². The molecule has 1 aromatic carbocycles. The lowest BCUT2D eigenvalue weighted by atomic mass is 9.92. The van der Waals surface area contributed by atoms with E-state index in [1.54, 1.807) is 11.3 Å². The van der Waals surface area contributed by atoms with Crippen molar-refractivity contribution in [1.82, 2.24) is 0 Å². The number of esters is 1. The molecule has 0 unspecified atom stereocenters. The SMILES string of the molecule is COC(=O)C[C@H](Cc1cccs1)c1ccccc1. The zero-order valence-corrected chi connectivity index (χ0v) is 11.2. The Hall–Kier alpha value is -1.61. The van der Waals surface area contributed by atoms with E-state index < -0.39 is 0 Å². The zero-order valence-electron chi connectivity index (χ0n) is 10.3. The van der Waals surface area contributed by atoms with E-state index in [2.05, 4.69) is 23.6 Å². The van der Waals surface area contributed by atoms with Crippen LogP contribution in [0.1, 0.15) is 22.8 Å². The Labute approximate surface area is 111 Å². The first kappa shape index (κ1) is 12.8. The van der Waals surface area contributed by atoms with Crippen LogP contribution in [0.25, 0.3) is 0 Å². The minimum absolute atomic E-state index is 0.152. The van der Waals surface area contributed by atoms with Crippen LogP contribution in [0.15, 0.2) is 47.8 Å². The highest BCUT2D eigenvalue weighted by Crippen LogP contribution is 2.26. The van der Waals surface area contributed by atoms with Crippen molar-refractivity contribution in [2.75, 3.05) is 7.11 Å². The number of ether oxygens (including phenoxy) is 1. The highest BCUT2D eigenvalue weighted by atomic mass is 32.1. The molecule has 0 aliphatic carbocycles. The fourth-order valence-corrected chi connectivity index (χ4v) is 2.78. The summed E-state index contributed by atoms with van der Waals surface area (Å²) in [5.74, 6) is 0.0395. The van der Waals surface area contributed by atoms with Crippen molar-refractivity contribution < 1.29 is 9.53 Å². The van der Waals surface area contributed by atoms with Crippen LogP contribution in [-0.4, -0.2) is 13.1 Å². The van der Waals surface area contributed by atoms with Crippen LogP contribution in [0.3, 0.4) is 0 Å². The van der Waals surface area contributed by atoms with Gasteiger partial charge in [0.1, 0.15) is 0 Å². The number of methoxy groups -OCH3 is 1. The van der Waals surface area contributed by atoms with E-state index in [4.69, 9.17) is 4.74 Å². The predicted molar refractivity (Wildman–Crippen MR) is 73.8 cm³/mol. The number of hydrogen-bond donors (Lipinski definition) is 0. The summed E-state index contributed by atoms with van der Waals surface area (Å²) in [7, 11) is 1.44. The molecule has 0 aliphatic rings. The van der Waals surface area contributed by atoms with Gasteiger partial charge in [0, 0.05) is 4.88 Å². The Bertz CT molecular complexity index is 476. The summed E-state index contributed by atoms with van der Waals surface area (Å²) >= 11 is 1.73. The predicted octanol–water partition coefficient (Wildman–Crippen LogP) is 3.64. The molecule has 1 heterocycles. The van der Waals surface area contributed by atoms with Crippen molar-refractivity contribution in [3.8, 4) is 0 Å². The fraction of sp³-hybridized carbons (Fsp3) is 0.267. The Morgan fingerprint density at radius 2 is 2.00 bits per heavy atom. The molecule has 0 N–H and O–H groups in total. The minimum Gasteiger partial charge on any atom is -0.469 e. The summed E-state index contributed by atoms with van der Waals surface area (Å²) < 4.78 is 4.79. The molecule has 0 fully saturated rings. The fourth-order valence-electron chi connectivity index (χ4n) is 1.99. The van der Waals surface area contributed by atoms with Crippen molar-refractivity contribution >= 4 is 17.3 Å². The lowest BCUT2D eigenvalue weighted by Crippen LogP contribution is -2.10. The maximum atomic E-state index is 11.5. The molecular formula is C15H16O2S. The normalized spacial score (nSPS) is 12.1. The first-order chi connectivity index (χ1) is 8.79. The third kappa shape index (κ3) is 3.44. The quantitative estimate of drug-likeness (QED) is 0.767. The average molecular weight is 260 g/mol. The van der Waals surface area contributed by atoms with Crippen LogP contribution in [-0.2, 0) is 16.0 Å². The van der Waals surface area contributed by atoms with Crippen LogP contribution in [0.5, 0.6) is 0 Å². The maximum Gasteiger partial charge on any atom is 0.306 e. The monoisotopic (exact) mass is 260 g/mol. The first-order valence-corrected chi connectivity index (χ1v) is 6.81. The number of carbonyl (C=O) groups excluding carboxylic acids is 1. The first-order valence-electron chi connectivity index (χ1n) is 5.93. The van der Waals surface area contributed by atoms with Crippen LogP contribution >= 0.6 is 11.3 Å². The van der Waals surface area contributed by atoms with Gasteiger partial charge in [-0.05, 0) is 29.3 Å². The van der Waals surface area contributed by atoms with Gasteiger partial charge in [0.25, 0.3) is 0 Å². The van der Waals surface area contributed by atoms with E-state index >= 15 is 0 Å². The molecular weight excluding hydrogens is 244 g/mol. The van der Waals surface area contributed by atoms with Gasteiger partial charge in [-0.1, -0.05) is 36.4 Å². The molecule has 0 radical (unpaired) electrons. The second-order valence-electron chi connectivity index (χ2n) is 4.17. The van der Waals surface area contributed by atoms with E-state index in [1.807, 2.05) is 24.3 Å². The van der Waals surface area contributed by atoms with Crippen molar-refractivity contribution in [2.45, 2.75) is 18.8 Å². The molecule has 0 amide bonds. The molecule has 0 spiro atoms. The highest BCUT2D eigenvalue weighted by molar-refractivity contribution is 7.09. The summed E-state index contributed by atoms with van der Waals surface area (Å²) in [4.78, 5) is 12.8. The molecule has 0 aliphatic heterocycles. The van der Waals surface area contributed by atoms with Crippen molar-refractivity contribution in [3.63, 3.8) is 0 Å². The molecule has 0 bridgehead atoms. The van der Waals surface area contributed by atoms with E-state index in [9.17, 15) is 4.79 Å². The second-order valence-corrected chi connectivity index (χ2v) is 5.20. The standard InChI is InChI=1S/C15H16O2S/c1-17-15(16)11-13(10-14-8-5-9-18-14)12-6-3-2-4-7-12/h2-9,13H,10-11H2,1H3/t13-/m0/s1. The van der Waals surface area contributed by atoms with E-state index in [0.29, 0.717) is 6.42 Å². The van der Waals surface area contributed by atoms with Crippen LogP contribution in [0, 0.1) is 0 Å². The van der Waals surface area contributed by atoms with Gasteiger partial charge in [0.2, 0.25) is 0 Å². The third-order valence-corrected chi connectivity index (χ3v) is 3.84. The van der Waals surface area contributed by atoms with Crippen molar-refractivity contribution in [2.24, 2.45) is 0 Å². The van der Waals surface area contributed by atoms with E-state index in [-0.39, 0.29) is 11.9 Å². The highest BCUT2D eigenvalue weighted by Gasteiger charge is 2.17. The Kier molecular flexibility index (Phi) is 4.53. The number of thiophene rings is 1. The summed E-state index contributed by atoms with van der Waals surface area (Å²) in [6.45, 7) is 0. The van der Waals surface area contributed by atoms with E-state index in [0.717, 1.165) is 6.42 Å². The molecule has 2 nitrogen and oxygen atoms in total. The maximum absolute atomic E-state index is 11.5. The zero-order chi connectivity index (χ0) is 12.8. The lowest BCUT2D eigenvalue weighted by Gasteiger charge is -2.15. The number of hydrogen-bond acceptors (Lipinski definition) is 3. The van der Waals surface area contributed by atoms with Crippen molar-refractivity contribution in [1.29, 1.82) is 0 Å². The van der Waals surface area contributed by atoms with Gasteiger partial charge in [-0.25, -0.2) is 0 Å². The lowest BCUT2D eigenvalue weighted by molar-refractivity contribution is -0.141. The molecule has 2 aromatic rings.